The van der Waals surface area contributed by atoms with Crippen molar-refractivity contribution in [2.24, 2.45) is 0 Å². The van der Waals surface area contributed by atoms with Gasteiger partial charge in [-0.15, -0.1) is 0 Å². The predicted molar refractivity (Wildman–Crippen MR) is 83.5 cm³/mol. The molecule has 120 valence electrons. The molecule has 0 radical (unpaired) electrons. The van der Waals surface area contributed by atoms with Crippen molar-refractivity contribution in [3.8, 4) is 0 Å². The van der Waals surface area contributed by atoms with Gasteiger partial charge in [0.1, 0.15) is 6.54 Å². The zero-order chi connectivity index (χ0) is 17.3. The fourth-order valence-electron chi connectivity index (χ4n) is 2.39. The summed E-state index contributed by atoms with van der Waals surface area (Å²) in [4.78, 5) is 47.3. The lowest BCUT2D eigenvalue weighted by Crippen LogP contribution is -2.37. The number of nitro groups is 1. The van der Waals surface area contributed by atoms with Crippen LogP contribution in [0.5, 0.6) is 0 Å². The average molecular weight is 325 g/mol. The lowest BCUT2D eigenvalue weighted by Gasteiger charge is -2.13. The highest BCUT2D eigenvalue weighted by Crippen LogP contribution is 2.22. The topological polar surface area (TPSA) is 110 Å². The summed E-state index contributed by atoms with van der Waals surface area (Å²) in [7, 11) is 0. The van der Waals surface area contributed by atoms with Crippen LogP contribution in [-0.4, -0.2) is 34.1 Å². The Hall–Kier alpha value is -3.55. The first kappa shape index (κ1) is 15.3. The summed E-state index contributed by atoms with van der Waals surface area (Å²) in [6, 6.07) is 11.6. The smallest absolute Gasteiger partial charge is 0.269 e. The first-order chi connectivity index (χ1) is 11.5. The molecule has 0 saturated carbocycles. The van der Waals surface area contributed by atoms with Crippen molar-refractivity contribution in [3.63, 3.8) is 0 Å². The van der Waals surface area contributed by atoms with Gasteiger partial charge in [0, 0.05) is 17.8 Å². The summed E-state index contributed by atoms with van der Waals surface area (Å²) in [5.74, 6) is -1.61. The van der Waals surface area contributed by atoms with Gasteiger partial charge in [0.2, 0.25) is 5.91 Å². The van der Waals surface area contributed by atoms with Gasteiger partial charge in [0.05, 0.1) is 16.1 Å². The van der Waals surface area contributed by atoms with E-state index in [-0.39, 0.29) is 16.8 Å². The van der Waals surface area contributed by atoms with Gasteiger partial charge in [-0.05, 0) is 24.3 Å². The molecule has 1 N–H and O–H groups in total. The lowest BCUT2D eigenvalue weighted by atomic mass is 10.1. The third kappa shape index (κ3) is 2.72. The summed E-state index contributed by atoms with van der Waals surface area (Å²) in [6.07, 6.45) is 0. The first-order valence-corrected chi connectivity index (χ1v) is 6.97. The van der Waals surface area contributed by atoms with Crippen molar-refractivity contribution >= 4 is 29.1 Å². The van der Waals surface area contributed by atoms with Crippen LogP contribution in [0.2, 0.25) is 0 Å². The number of hydrogen-bond donors (Lipinski definition) is 1. The van der Waals surface area contributed by atoms with Crippen molar-refractivity contribution < 1.29 is 19.3 Å². The lowest BCUT2D eigenvalue weighted by molar-refractivity contribution is -0.384. The minimum absolute atomic E-state index is 0.103. The van der Waals surface area contributed by atoms with Crippen LogP contribution in [0.25, 0.3) is 0 Å². The molecule has 1 heterocycles. The SMILES string of the molecule is O=C(CN1C(=O)c2ccccc2C1=O)Nc1ccc([N+](=O)[O-])cc1. The maximum Gasteiger partial charge on any atom is 0.269 e. The van der Waals surface area contributed by atoms with Crippen LogP contribution < -0.4 is 5.32 Å². The van der Waals surface area contributed by atoms with Gasteiger partial charge in [0.25, 0.3) is 17.5 Å². The largest absolute Gasteiger partial charge is 0.325 e. The molecule has 0 bridgehead atoms. The van der Waals surface area contributed by atoms with Crippen LogP contribution in [0.3, 0.4) is 0 Å². The molecule has 2 aromatic carbocycles. The summed E-state index contributed by atoms with van der Waals surface area (Å²) >= 11 is 0. The Balaban J connectivity index is 1.69. The number of imide groups is 1. The minimum Gasteiger partial charge on any atom is -0.325 e. The van der Waals surface area contributed by atoms with E-state index in [1.807, 2.05) is 0 Å². The van der Waals surface area contributed by atoms with Gasteiger partial charge in [0.15, 0.2) is 0 Å². The van der Waals surface area contributed by atoms with E-state index in [4.69, 9.17) is 0 Å². The van der Waals surface area contributed by atoms with Gasteiger partial charge in [-0.1, -0.05) is 12.1 Å². The van der Waals surface area contributed by atoms with Crippen molar-refractivity contribution in [1.82, 2.24) is 4.90 Å². The Bertz CT molecular complexity index is 825. The summed E-state index contributed by atoms with van der Waals surface area (Å²) < 4.78 is 0. The van der Waals surface area contributed by atoms with Gasteiger partial charge in [-0.3, -0.25) is 29.4 Å². The summed E-state index contributed by atoms with van der Waals surface area (Å²) in [5.41, 5.74) is 0.770. The molecule has 2 aromatic rings. The Morgan fingerprint density at radius 1 is 1.00 bits per heavy atom. The maximum atomic E-state index is 12.2. The molecule has 0 aromatic heterocycles. The number of nitro benzene ring substituents is 1. The molecule has 3 amide bonds. The molecular weight excluding hydrogens is 314 g/mol. The molecule has 0 spiro atoms. The molecule has 0 atom stereocenters. The van der Waals surface area contributed by atoms with E-state index in [2.05, 4.69) is 5.32 Å². The normalized spacial score (nSPS) is 12.9. The number of carbonyl (C=O) groups excluding carboxylic acids is 3. The van der Waals surface area contributed by atoms with E-state index in [0.717, 1.165) is 4.90 Å². The average Bonchev–Trinajstić information content (AvgIpc) is 2.81. The van der Waals surface area contributed by atoms with E-state index in [1.165, 1.54) is 36.4 Å². The maximum absolute atomic E-state index is 12.2. The van der Waals surface area contributed by atoms with Crippen molar-refractivity contribution in [2.75, 3.05) is 11.9 Å². The van der Waals surface area contributed by atoms with Crippen molar-refractivity contribution in [2.45, 2.75) is 0 Å². The molecule has 0 fully saturated rings. The Labute approximate surface area is 135 Å². The predicted octanol–water partition coefficient (Wildman–Crippen LogP) is 1.83. The van der Waals surface area contributed by atoms with Crippen molar-refractivity contribution in [1.29, 1.82) is 0 Å². The number of amides is 3. The third-order valence-corrected chi connectivity index (χ3v) is 3.54. The third-order valence-electron chi connectivity index (χ3n) is 3.54. The highest BCUT2D eigenvalue weighted by Gasteiger charge is 2.36. The zero-order valence-electron chi connectivity index (χ0n) is 12.3. The molecule has 1 aliphatic heterocycles. The molecule has 1 aliphatic rings. The van der Waals surface area contributed by atoms with Crippen LogP contribution in [0.15, 0.2) is 48.5 Å². The van der Waals surface area contributed by atoms with Crippen LogP contribution in [0.4, 0.5) is 11.4 Å². The monoisotopic (exact) mass is 325 g/mol. The quantitative estimate of drug-likeness (QED) is 0.524. The molecule has 0 unspecified atom stereocenters. The summed E-state index contributed by atoms with van der Waals surface area (Å²) in [5, 5.41) is 13.1. The van der Waals surface area contributed by atoms with Crippen LogP contribution in [0, 0.1) is 10.1 Å². The number of hydrogen-bond acceptors (Lipinski definition) is 5. The highest BCUT2D eigenvalue weighted by molar-refractivity contribution is 6.22. The second-order valence-corrected chi connectivity index (χ2v) is 5.09. The number of nitrogens with one attached hydrogen (secondary N) is 1. The van der Waals surface area contributed by atoms with Crippen LogP contribution in [-0.2, 0) is 4.79 Å². The fraction of sp³-hybridized carbons (Fsp3) is 0.0625. The van der Waals surface area contributed by atoms with Crippen LogP contribution in [0.1, 0.15) is 20.7 Å². The van der Waals surface area contributed by atoms with Gasteiger partial charge < -0.3 is 5.32 Å². The number of nitrogens with zero attached hydrogens (tertiary/aromatic N) is 2. The van der Waals surface area contributed by atoms with E-state index in [9.17, 15) is 24.5 Å². The number of anilines is 1. The number of non-ortho nitro benzene ring substituents is 1. The Kier molecular flexibility index (Phi) is 3.78. The molecule has 8 nitrogen and oxygen atoms in total. The van der Waals surface area contributed by atoms with Gasteiger partial charge in [-0.2, -0.15) is 0 Å². The van der Waals surface area contributed by atoms with E-state index in [0.29, 0.717) is 5.69 Å². The van der Waals surface area contributed by atoms with Crippen molar-refractivity contribution in [3.05, 3.63) is 69.8 Å². The second-order valence-electron chi connectivity index (χ2n) is 5.09. The molecule has 24 heavy (non-hydrogen) atoms. The molecule has 8 heteroatoms. The standard InChI is InChI=1S/C16H11N3O5/c20-14(17-10-5-7-11(8-6-10)19(23)24)9-18-15(21)12-3-1-2-4-13(12)16(18)22/h1-8H,9H2,(H,17,20). The first-order valence-electron chi connectivity index (χ1n) is 6.97. The molecular formula is C16H11N3O5. The number of carbonyl (C=O) groups is 3. The Morgan fingerprint density at radius 3 is 2.04 bits per heavy atom. The van der Waals surface area contributed by atoms with E-state index < -0.39 is 29.2 Å². The van der Waals surface area contributed by atoms with E-state index in [1.54, 1.807) is 12.1 Å². The zero-order valence-corrected chi connectivity index (χ0v) is 12.3. The highest BCUT2D eigenvalue weighted by atomic mass is 16.6. The number of fused-ring (bicyclic) bond motifs is 1. The minimum atomic E-state index is -0.571. The summed E-state index contributed by atoms with van der Waals surface area (Å²) in [6.45, 7) is -0.427. The van der Waals surface area contributed by atoms with E-state index >= 15 is 0 Å². The molecule has 0 saturated heterocycles. The van der Waals surface area contributed by atoms with Gasteiger partial charge >= 0.3 is 0 Å². The second kappa shape index (κ2) is 5.92. The van der Waals surface area contributed by atoms with Gasteiger partial charge in [-0.25, -0.2) is 0 Å². The molecule has 0 aliphatic carbocycles. The molecule has 3 rings (SSSR count). The number of rotatable bonds is 4. The van der Waals surface area contributed by atoms with Crippen LogP contribution >= 0.6 is 0 Å². The number of benzene rings is 2. The Morgan fingerprint density at radius 2 is 1.54 bits per heavy atom. The fourth-order valence-corrected chi connectivity index (χ4v) is 2.39.